The lowest BCUT2D eigenvalue weighted by Crippen LogP contribution is -2.52. The smallest absolute Gasteiger partial charge is 0.250 e. The zero-order valence-electron chi connectivity index (χ0n) is 14.0. The Morgan fingerprint density at radius 2 is 2.04 bits per heavy atom. The fraction of sp³-hybridized carbons (Fsp3) is 0.588. The zero-order valence-corrected chi connectivity index (χ0v) is 15.6. The van der Waals surface area contributed by atoms with Gasteiger partial charge in [0.25, 0.3) is 5.91 Å². The Kier molecular flexibility index (Phi) is 8.84. The minimum absolute atomic E-state index is 0. The minimum atomic E-state index is -0.330. The molecule has 0 radical (unpaired) electrons. The van der Waals surface area contributed by atoms with Crippen LogP contribution in [0.3, 0.4) is 0 Å². The molecule has 0 spiro atoms. The summed E-state index contributed by atoms with van der Waals surface area (Å²) in [5, 5.41) is 6.33. The molecule has 2 aliphatic heterocycles. The van der Waals surface area contributed by atoms with Gasteiger partial charge >= 0.3 is 0 Å². The fourth-order valence-electron chi connectivity index (χ4n) is 3.13. The second-order valence-corrected chi connectivity index (χ2v) is 6.17. The number of halogens is 2. The molecule has 2 aliphatic rings. The predicted molar refractivity (Wildman–Crippen MR) is 102 cm³/mol. The Bertz CT molecular complexity index is 516. The van der Waals surface area contributed by atoms with Crippen LogP contribution in [-0.2, 0) is 9.53 Å². The van der Waals surface area contributed by atoms with Crippen LogP contribution in [0, 0.1) is 6.92 Å². The molecular formula is C17H27Cl2N3O2. The molecule has 1 unspecified atom stereocenters. The van der Waals surface area contributed by atoms with E-state index in [1.165, 1.54) is 11.3 Å². The monoisotopic (exact) mass is 375 g/mol. The summed E-state index contributed by atoms with van der Waals surface area (Å²) in [7, 11) is 0. The fourth-order valence-corrected chi connectivity index (χ4v) is 3.13. The van der Waals surface area contributed by atoms with Crippen LogP contribution in [0.2, 0.25) is 0 Å². The number of hydrogen-bond acceptors (Lipinski definition) is 4. The van der Waals surface area contributed by atoms with E-state index in [0.29, 0.717) is 13.2 Å². The largest absolute Gasteiger partial charge is 0.371 e. The van der Waals surface area contributed by atoms with E-state index in [1.807, 2.05) is 0 Å². The van der Waals surface area contributed by atoms with Crippen molar-refractivity contribution in [3.8, 4) is 0 Å². The lowest BCUT2D eigenvalue weighted by atomic mass is 10.0. The number of morpholine rings is 1. The highest BCUT2D eigenvalue weighted by Gasteiger charge is 2.26. The molecule has 7 heteroatoms. The summed E-state index contributed by atoms with van der Waals surface area (Å²) in [5.41, 5.74) is 2.57. The highest BCUT2D eigenvalue weighted by molar-refractivity contribution is 5.85. The van der Waals surface area contributed by atoms with Gasteiger partial charge in [0, 0.05) is 37.9 Å². The van der Waals surface area contributed by atoms with Gasteiger partial charge in [-0.15, -0.1) is 24.8 Å². The van der Waals surface area contributed by atoms with E-state index in [0.717, 1.165) is 32.5 Å². The summed E-state index contributed by atoms with van der Waals surface area (Å²) in [6.07, 6.45) is 1.64. The molecule has 2 N–H and O–H groups in total. The van der Waals surface area contributed by atoms with E-state index in [2.05, 4.69) is 46.7 Å². The number of nitrogens with zero attached hydrogens (tertiary/aromatic N) is 1. The number of aryl methyl sites for hydroxylation is 1. The van der Waals surface area contributed by atoms with Gasteiger partial charge in [0.15, 0.2) is 0 Å². The summed E-state index contributed by atoms with van der Waals surface area (Å²) in [6.45, 7) is 6.15. The number of piperidine rings is 1. The maximum absolute atomic E-state index is 12.2. The second-order valence-electron chi connectivity index (χ2n) is 6.17. The quantitative estimate of drug-likeness (QED) is 0.847. The van der Waals surface area contributed by atoms with Crippen molar-refractivity contribution in [1.82, 2.24) is 10.6 Å². The predicted octanol–water partition coefficient (Wildman–Crippen LogP) is 1.91. The van der Waals surface area contributed by atoms with E-state index in [4.69, 9.17) is 4.74 Å². The van der Waals surface area contributed by atoms with E-state index in [1.54, 1.807) is 0 Å². The average molecular weight is 376 g/mol. The van der Waals surface area contributed by atoms with Crippen molar-refractivity contribution < 1.29 is 9.53 Å². The summed E-state index contributed by atoms with van der Waals surface area (Å²) in [4.78, 5) is 14.6. The Hall–Kier alpha value is -1.01. The van der Waals surface area contributed by atoms with Crippen molar-refractivity contribution in [1.29, 1.82) is 0 Å². The van der Waals surface area contributed by atoms with Crippen molar-refractivity contribution in [2.45, 2.75) is 31.9 Å². The van der Waals surface area contributed by atoms with Gasteiger partial charge in [0.2, 0.25) is 0 Å². The van der Waals surface area contributed by atoms with Crippen molar-refractivity contribution in [2.24, 2.45) is 0 Å². The number of benzene rings is 1. The standard InChI is InChI=1S/C17H25N3O2.2ClH/c1-13-3-2-4-15(11-13)20-8-5-14(6-9-20)19-17(21)16-12-18-7-10-22-16;;/h2-4,11,14,16,18H,5-10,12H2,1H3,(H,19,21);2*1H. The van der Waals surface area contributed by atoms with Crippen LogP contribution in [0.25, 0.3) is 0 Å². The molecule has 0 aliphatic carbocycles. The van der Waals surface area contributed by atoms with Gasteiger partial charge in [0.1, 0.15) is 6.10 Å². The molecule has 3 rings (SSSR count). The molecule has 136 valence electrons. The molecule has 0 aromatic heterocycles. The Labute approximate surface area is 156 Å². The van der Waals surface area contributed by atoms with Crippen LogP contribution in [0.1, 0.15) is 18.4 Å². The lowest BCUT2D eigenvalue weighted by Gasteiger charge is -2.35. The summed E-state index contributed by atoms with van der Waals surface area (Å²) < 4.78 is 5.50. The maximum Gasteiger partial charge on any atom is 0.250 e. The number of amides is 1. The molecule has 1 aromatic rings. The van der Waals surface area contributed by atoms with Crippen LogP contribution < -0.4 is 15.5 Å². The van der Waals surface area contributed by atoms with Crippen LogP contribution in [0.15, 0.2) is 24.3 Å². The number of rotatable bonds is 3. The normalized spacial score (nSPS) is 21.4. The number of nitrogens with one attached hydrogen (secondary N) is 2. The van der Waals surface area contributed by atoms with E-state index in [-0.39, 0.29) is 42.9 Å². The van der Waals surface area contributed by atoms with Gasteiger partial charge in [-0.2, -0.15) is 0 Å². The molecule has 2 fully saturated rings. The third kappa shape index (κ3) is 5.52. The molecule has 1 amide bonds. The summed E-state index contributed by atoms with van der Waals surface area (Å²) in [5.74, 6) is 0.0289. The first-order chi connectivity index (χ1) is 10.7. The Balaban J connectivity index is 0.00000144. The van der Waals surface area contributed by atoms with Gasteiger partial charge in [-0.1, -0.05) is 12.1 Å². The van der Waals surface area contributed by atoms with Crippen molar-refractivity contribution in [3.63, 3.8) is 0 Å². The molecule has 0 saturated carbocycles. The number of carbonyl (C=O) groups excluding carboxylic acids is 1. The topological polar surface area (TPSA) is 53.6 Å². The van der Waals surface area contributed by atoms with Crippen molar-refractivity contribution in [2.75, 3.05) is 37.7 Å². The van der Waals surface area contributed by atoms with Crippen molar-refractivity contribution >= 4 is 36.4 Å². The minimum Gasteiger partial charge on any atom is -0.371 e. The molecule has 0 bridgehead atoms. The van der Waals surface area contributed by atoms with Gasteiger partial charge < -0.3 is 20.3 Å². The Morgan fingerprint density at radius 3 is 2.67 bits per heavy atom. The highest BCUT2D eigenvalue weighted by Crippen LogP contribution is 2.21. The van der Waals surface area contributed by atoms with E-state index >= 15 is 0 Å². The maximum atomic E-state index is 12.2. The van der Waals surface area contributed by atoms with Crippen LogP contribution in [-0.4, -0.2) is 50.8 Å². The van der Waals surface area contributed by atoms with Gasteiger partial charge in [-0.05, 0) is 37.5 Å². The first-order valence-corrected chi connectivity index (χ1v) is 8.17. The third-order valence-corrected chi connectivity index (χ3v) is 4.43. The van der Waals surface area contributed by atoms with Crippen LogP contribution in [0.5, 0.6) is 0 Å². The van der Waals surface area contributed by atoms with Crippen LogP contribution >= 0.6 is 24.8 Å². The summed E-state index contributed by atoms with van der Waals surface area (Å²) in [6, 6.07) is 8.87. The van der Waals surface area contributed by atoms with E-state index < -0.39 is 0 Å². The second kappa shape index (κ2) is 10.1. The van der Waals surface area contributed by atoms with Gasteiger partial charge in [-0.25, -0.2) is 0 Å². The molecule has 24 heavy (non-hydrogen) atoms. The van der Waals surface area contributed by atoms with Crippen molar-refractivity contribution in [3.05, 3.63) is 29.8 Å². The first kappa shape index (κ1) is 21.0. The van der Waals surface area contributed by atoms with Crippen LogP contribution in [0.4, 0.5) is 5.69 Å². The Morgan fingerprint density at radius 1 is 1.29 bits per heavy atom. The summed E-state index contributed by atoms with van der Waals surface area (Å²) >= 11 is 0. The van der Waals surface area contributed by atoms with E-state index in [9.17, 15) is 4.79 Å². The number of carbonyl (C=O) groups is 1. The highest BCUT2D eigenvalue weighted by atomic mass is 35.5. The molecule has 1 atom stereocenters. The molecule has 2 heterocycles. The van der Waals surface area contributed by atoms with Gasteiger partial charge in [0.05, 0.1) is 6.61 Å². The number of ether oxygens (including phenoxy) is 1. The molecule has 1 aromatic carbocycles. The average Bonchev–Trinajstić information content (AvgIpc) is 2.56. The molecular weight excluding hydrogens is 349 g/mol. The molecule has 5 nitrogen and oxygen atoms in total. The lowest BCUT2D eigenvalue weighted by molar-refractivity contribution is -0.135. The first-order valence-electron chi connectivity index (χ1n) is 8.17. The third-order valence-electron chi connectivity index (χ3n) is 4.43. The molecule has 2 saturated heterocycles. The SMILES string of the molecule is Cc1cccc(N2CCC(NC(=O)C3CNCCO3)CC2)c1.Cl.Cl. The van der Waals surface area contributed by atoms with Gasteiger partial charge in [-0.3, -0.25) is 4.79 Å². The number of hydrogen-bond donors (Lipinski definition) is 2. The number of anilines is 1. The zero-order chi connectivity index (χ0) is 15.4.